The lowest BCUT2D eigenvalue weighted by atomic mass is 9.88. The molecule has 1 heterocycles. The molecule has 0 saturated carbocycles. The highest BCUT2D eigenvalue weighted by Gasteiger charge is 2.31. The molecule has 1 aliphatic heterocycles. The van der Waals surface area contributed by atoms with Crippen LogP contribution in [0.3, 0.4) is 0 Å². The Morgan fingerprint density at radius 1 is 1.67 bits per heavy atom. The smallest absolute Gasteiger partial charge is 0.249 e. The molecule has 0 N–H and O–H groups in total. The SMILES string of the molecule is CC(C)C1CN(C(=O)COI)C1. The third-order valence-electron chi connectivity index (χ3n) is 2.38. The van der Waals surface area contributed by atoms with Crippen LogP contribution in [0.4, 0.5) is 0 Å². The van der Waals surface area contributed by atoms with E-state index in [9.17, 15) is 4.79 Å². The summed E-state index contributed by atoms with van der Waals surface area (Å²) in [6.07, 6.45) is 0. The quantitative estimate of drug-likeness (QED) is 0.734. The fraction of sp³-hybridized carbons (Fsp3) is 0.875. The number of halogens is 1. The van der Waals surface area contributed by atoms with Crippen molar-refractivity contribution in [2.24, 2.45) is 11.8 Å². The molecule has 0 atom stereocenters. The maximum Gasteiger partial charge on any atom is 0.249 e. The molecule has 0 unspecified atom stereocenters. The first-order chi connectivity index (χ1) is 5.65. The largest absolute Gasteiger partial charge is 0.340 e. The molecule has 1 fully saturated rings. The minimum Gasteiger partial charge on any atom is -0.340 e. The second-order valence-corrected chi connectivity index (χ2v) is 4.18. The van der Waals surface area contributed by atoms with Crippen LogP contribution in [0.15, 0.2) is 0 Å². The van der Waals surface area contributed by atoms with Gasteiger partial charge in [-0.25, -0.2) is 0 Å². The Labute approximate surface area is 87.1 Å². The van der Waals surface area contributed by atoms with Gasteiger partial charge in [-0.15, -0.1) is 0 Å². The minimum atomic E-state index is 0.112. The lowest BCUT2D eigenvalue weighted by molar-refractivity contribution is -0.139. The summed E-state index contributed by atoms with van der Waals surface area (Å²) in [6, 6.07) is 0. The molecular formula is C8H14INO2. The molecule has 0 aromatic carbocycles. The molecule has 0 spiro atoms. The van der Waals surface area contributed by atoms with Gasteiger partial charge in [-0.3, -0.25) is 4.79 Å². The van der Waals surface area contributed by atoms with Crippen LogP contribution in [0.2, 0.25) is 0 Å². The summed E-state index contributed by atoms with van der Waals surface area (Å²) < 4.78 is 4.73. The van der Waals surface area contributed by atoms with E-state index in [2.05, 4.69) is 13.8 Å². The molecule has 0 bridgehead atoms. The van der Waals surface area contributed by atoms with Gasteiger partial charge in [0.1, 0.15) is 29.6 Å². The van der Waals surface area contributed by atoms with E-state index in [1.165, 1.54) is 0 Å². The lowest BCUT2D eigenvalue weighted by Crippen LogP contribution is -2.52. The van der Waals surface area contributed by atoms with Gasteiger partial charge in [0, 0.05) is 13.1 Å². The highest BCUT2D eigenvalue weighted by molar-refractivity contribution is 14.1. The van der Waals surface area contributed by atoms with Crippen molar-refractivity contribution in [3.63, 3.8) is 0 Å². The van der Waals surface area contributed by atoms with E-state index in [4.69, 9.17) is 3.07 Å². The second-order valence-electron chi connectivity index (χ2n) is 3.56. The molecule has 0 aliphatic carbocycles. The van der Waals surface area contributed by atoms with Crippen LogP contribution >= 0.6 is 23.0 Å². The summed E-state index contributed by atoms with van der Waals surface area (Å²) in [6.45, 7) is 6.43. The monoisotopic (exact) mass is 283 g/mol. The Kier molecular flexibility index (Phi) is 3.77. The normalized spacial score (nSPS) is 18.2. The van der Waals surface area contributed by atoms with Gasteiger partial charge in [0.05, 0.1) is 0 Å². The molecule has 0 aromatic heterocycles. The Hall–Kier alpha value is 0.160. The summed E-state index contributed by atoms with van der Waals surface area (Å²) in [5.74, 6) is 1.50. The van der Waals surface area contributed by atoms with Crippen LogP contribution in [0.1, 0.15) is 13.8 Å². The molecule has 1 aliphatic rings. The third kappa shape index (κ3) is 2.32. The molecule has 12 heavy (non-hydrogen) atoms. The molecule has 3 nitrogen and oxygen atoms in total. The van der Waals surface area contributed by atoms with Crippen molar-refractivity contribution in [2.45, 2.75) is 13.8 Å². The van der Waals surface area contributed by atoms with Crippen molar-refractivity contribution >= 4 is 28.9 Å². The van der Waals surface area contributed by atoms with E-state index in [0.29, 0.717) is 11.8 Å². The van der Waals surface area contributed by atoms with E-state index in [1.807, 2.05) is 4.90 Å². The van der Waals surface area contributed by atoms with Crippen molar-refractivity contribution in [1.29, 1.82) is 0 Å². The predicted molar refractivity (Wildman–Crippen MR) is 54.9 cm³/mol. The van der Waals surface area contributed by atoms with Gasteiger partial charge in [-0.1, -0.05) is 13.8 Å². The second kappa shape index (κ2) is 4.41. The van der Waals surface area contributed by atoms with Crippen LogP contribution in [0, 0.1) is 11.8 Å². The average molecular weight is 283 g/mol. The molecule has 4 heteroatoms. The Bertz CT molecular complexity index is 166. The molecule has 1 amide bonds. The standard InChI is InChI=1S/C8H14INO2/c1-6(2)7-3-10(4-7)8(11)5-12-9/h6-7H,3-5H2,1-2H3. The van der Waals surface area contributed by atoms with Crippen molar-refractivity contribution < 1.29 is 7.86 Å². The molecule has 0 aromatic rings. The van der Waals surface area contributed by atoms with E-state index in [1.54, 1.807) is 23.0 Å². The molecular weight excluding hydrogens is 269 g/mol. The average Bonchev–Trinajstić information content (AvgIpc) is 1.82. The van der Waals surface area contributed by atoms with E-state index in [0.717, 1.165) is 13.1 Å². The number of rotatable bonds is 3. The summed E-state index contributed by atoms with van der Waals surface area (Å²) >= 11 is 1.75. The summed E-state index contributed by atoms with van der Waals surface area (Å²) in [5.41, 5.74) is 0. The molecule has 70 valence electrons. The van der Waals surface area contributed by atoms with E-state index >= 15 is 0 Å². The summed E-state index contributed by atoms with van der Waals surface area (Å²) in [5, 5.41) is 0. The Balaban J connectivity index is 2.20. The summed E-state index contributed by atoms with van der Waals surface area (Å²) in [7, 11) is 0. The fourth-order valence-corrected chi connectivity index (χ4v) is 1.54. The number of hydrogen-bond acceptors (Lipinski definition) is 2. The highest BCUT2D eigenvalue weighted by Crippen LogP contribution is 2.23. The first-order valence-corrected chi connectivity index (χ1v) is 5.04. The predicted octanol–water partition coefficient (Wildman–Crippen LogP) is 1.47. The zero-order chi connectivity index (χ0) is 9.14. The van der Waals surface area contributed by atoms with Crippen LogP contribution in [0.5, 0.6) is 0 Å². The molecule has 1 rings (SSSR count). The van der Waals surface area contributed by atoms with Gasteiger partial charge < -0.3 is 7.97 Å². The first kappa shape index (κ1) is 10.2. The zero-order valence-corrected chi connectivity index (χ0v) is 9.58. The van der Waals surface area contributed by atoms with Gasteiger partial charge in [-0.2, -0.15) is 0 Å². The van der Waals surface area contributed by atoms with Gasteiger partial charge in [-0.05, 0) is 11.8 Å². The van der Waals surface area contributed by atoms with Crippen LogP contribution in [-0.2, 0) is 7.86 Å². The maximum atomic E-state index is 11.2. The lowest BCUT2D eigenvalue weighted by Gasteiger charge is -2.41. The zero-order valence-electron chi connectivity index (χ0n) is 7.42. The first-order valence-electron chi connectivity index (χ1n) is 4.16. The van der Waals surface area contributed by atoms with E-state index in [-0.39, 0.29) is 12.5 Å². The van der Waals surface area contributed by atoms with Crippen LogP contribution in [0.25, 0.3) is 0 Å². The topological polar surface area (TPSA) is 29.5 Å². The highest BCUT2D eigenvalue weighted by atomic mass is 127. The van der Waals surface area contributed by atoms with Crippen molar-refractivity contribution in [3.05, 3.63) is 0 Å². The number of nitrogens with zero attached hydrogens (tertiary/aromatic N) is 1. The minimum absolute atomic E-state index is 0.112. The maximum absolute atomic E-state index is 11.2. The number of carbonyl (C=O) groups is 1. The van der Waals surface area contributed by atoms with Crippen LogP contribution in [-0.4, -0.2) is 30.5 Å². The van der Waals surface area contributed by atoms with Gasteiger partial charge >= 0.3 is 0 Å². The number of amides is 1. The van der Waals surface area contributed by atoms with Crippen molar-refractivity contribution in [3.8, 4) is 0 Å². The van der Waals surface area contributed by atoms with Gasteiger partial charge in [0.2, 0.25) is 5.91 Å². The van der Waals surface area contributed by atoms with Crippen molar-refractivity contribution in [1.82, 2.24) is 4.90 Å². The van der Waals surface area contributed by atoms with Gasteiger partial charge in [0.25, 0.3) is 0 Å². The number of carbonyl (C=O) groups excluding carboxylic acids is 1. The Morgan fingerprint density at radius 3 is 2.67 bits per heavy atom. The summed E-state index contributed by atoms with van der Waals surface area (Å²) in [4.78, 5) is 13.0. The van der Waals surface area contributed by atoms with E-state index < -0.39 is 0 Å². The number of hydrogen-bond donors (Lipinski definition) is 0. The van der Waals surface area contributed by atoms with Crippen molar-refractivity contribution in [2.75, 3.05) is 19.7 Å². The van der Waals surface area contributed by atoms with Crippen LogP contribution < -0.4 is 0 Å². The third-order valence-corrected chi connectivity index (χ3v) is 2.69. The fourth-order valence-electron chi connectivity index (χ4n) is 1.28. The number of likely N-dealkylation sites (tertiary alicyclic amines) is 1. The molecule has 0 radical (unpaired) electrons. The molecule has 1 saturated heterocycles. The van der Waals surface area contributed by atoms with Gasteiger partial charge in [0.15, 0.2) is 0 Å². The Morgan fingerprint density at radius 2 is 2.25 bits per heavy atom.